The van der Waals surface area contributed by atoms with Crippen molar-refractivity contribution in [2.24, 2.45) is 5.92 Å². The summed E-state index contributed by atoms with van der Waals surface area (Å²) in [6.45, 7) is 3.93. The molecule has 0 saturated carbocycles. The number of pyridine rings is 2. The highest BCUT2D eigenvalue weighted by Gasteiger charge is 2.23. The van der Waals surface area contributed by atoms with Gasteiger partial charge in [0.15, 0.2) is 0 Å². The van der Waals surface area contributed by atoms with Crippen LogP contribution >= 0.6 is 11.6 Å². The van der Waals surface area contributed by atoms with Crippen molar-refractivity contribution in [3.63, 3.8) is 0 Å². The van der Waals surface area contributed by atoms with Gasteiger partial charge in [0.2, 0.25) is 11.3 Å². The van der Waals surface area contributed by atoms with E-state index < -0.39 is 17.4 Å². The van der Waals surface area contributed by atoms with Gasteiger partial charge in [0.05, 0.1) is 30.8 Å². The van der Waals surface area contributed by atoms with Gasteiger partial charge in [-0.1, -0.05) is 37.6 Å². The number of nitrogens with zero attached hydrogens (tertiary/aromatic N) is 2. The molecule has 0 aliphatic rings. The topological polar surface area (TPSA) is 114 Å². The molecule has 0 spiro atoms. The van der Waals surface area contributed by atoms with Crippen molar-refractivity contribution < 1.29 is 19.7 Å². The summed E-state index contributed by atoms with van der Waals surface area (Å²) in [6, 6.07) is 8.36. The zero-order valence-electron chi connectivity index (χ0n) is 17.4. The lowest BCUT2D eigenvalue weighted by atomic mass is 10.0. The Bertz CT molecular complexity index is 1180. The van der Waals surface area contributed by atoms with Crippen molar-refractivity contribution in [1.29, 1.82) is 0 Å². The number of halogens is 1. The number of carboxylic acids is 1. The predicted octanol–water partition coefficient (Wildman–Crippen LogP) is 3.56. The number of anilines is 1. The first-order valence-electron chi connectivity index (χ1n) is 9.73. The van der Waals surface area contributed by atoms with Gasteiger partial charge in [0.1, 0.15) is 11.2 Å². The van der Waals surface area contributed by atoms with Gasteiger partial charge in [0, 0.05) is 17.8 Å². The number of fused-ring (bicyclic) bond motifs is 1. The summed E-state index contributed by atoms with van der Waals surface area (Å²) in [5.74, 6) is -1.14. The van der Waals surface area contributed by atoms with Crippen LogP contribution in [0.1, 0.15) is 35.8 Å². The van der Waals surface area contributed by atoms with E-state index in [1.807, 2.05) is 26.0 Å². The molecule has 2 heterocycles. The molecule has 3 aromatic rings. The van der Waals surface area contributed by atoms with Crippen LogP contribution in [0.3, 0.4) is 0 Å². The van der Waals surface area contributed by atoms with Gasteiger partial charge in [0.25, 0.3) is 0 Å². The number of nitrogens with one attached hydrogen (secondary N) is 1. The fraction of sp³-hybridized carbons (Fsp3) is 0.318. The Balaban J connectivity index is 2.18. The van der Waals surface area contributed by atoms with E-state index in [-0.39, 0.29) is 35.0 Å². The van der Waals surface area contributed by atoms with Crippen LogP contribution in [0.4, 0.5) is 5.69 Å². The van der Waals surface area contributed by atoms with Gasteiger partial charge in [-0.15, -0.1) is 0 Å². The number of aliphatic hydroxyl groups is 1. The molecule has 0 aliphatic carbocycles. The molecule has 0 aliphatic heterocycles. The van der Waals surface area contributed by atoms with Crippen LogP contribution in [0.25, 0.3) is 11.0 Å². The van der Waals surface area contributed by atoms with Gasteiger partial charge in [-0.2, -0.15) is 4.98 Å². The van der Waals surface area contributed by atoms with E-state index in [4.69, 9.17) is 16.3 Å². The molecule has 0 fully saturated rings. The average molecular weight is 446 g/mol. The number of hydrogen-bond donors (Lipinski definition) is 3. The molecule has 8 nitrogen and oxygen atoms in total. The highest BCUT2D eigenvalue weighted by atomic mass is 35.5. The van der Waals surface area contributed by atoms with E-state index in [0.717, 1.165) is 5.56 Å². The van der Waals surface area contributed by atoms with Crippen molar-refractivity contribution in [3.05, 3.63) is 62.9 Å². The molecule has 3 rings (SSSR count). The molecule has 31 heavy (non-hydrogen) atoms. The van der Waals surface area contributed by atoms with Gasteiger partial charge in [-0.3, -0.25) is 4.79 Å². The molecule has 0 amide bonds. The lowest BCUT2D eigenvalue weighted by Crippen LogP contribution is -2.26. The van der Waals surface area contributed by atoms with Crippen LogP contribution in [-0.4, -0.2) is 39.5 Å². The average Bonchev–Trinajstić information content (AvgIpc) is 2.73. The minimum absolute atomic E-state index is 0.0363. The monoisotopic (exact) mass is 445 g/mol. The second-order valence-corrected chi connectivity index (χ2v) is 7.91. The summed E-state index contributed by atoms with van der Waals surface area (Å²) < 4.78 is 6.95. The fourth-order valence-electron chi connectivity index (χ4n) is 3.41. The van der Waals surface area contributed by atoms with Crippen LogP contribution in [-0.2, 0) is 6.54 Å². The second kappa shape index (κ2) is 9.36. The number of ether oxygens (including phenoxy) is 1. The number of aromatic nitrogens is 2. The lowest BCUT2D eigenvalue weighted by molar-refractivity contribution is 0.0694. The molecule has 1 atom stereocenters. The molecule has 3 N–H and O–H groups in total. The molecule has 164 valence electrons. The Morgan fingerprint density at radius 3 is 2.65 bits per heavy atom. The zero-order chi connectivity index (χ0) is 22.7. The number of methoxy groups -OCH3 is 1. The molecular weight excluding hydrogens is 422 g/mol. The van der Waals surface area contributed by atoms with Crippen LogP contribution in [0, 0.1) is 5.92 Å². The number of aliphatic hydroxyl groups excluding tert-OH is 1. The minimum Gasteiger partial charge on any atom is -0.479 e. The number of benzene rings is 1. The van der Waals surface area contributed by atoms with Crippen molar-refractivity contribution in [2.45, 2.75) is 26.4 Å². The second-order valence-electron chi connectivity index (χ2n) is 7.48. The van der Waals surface area contributed by atoms with Crippen molar-refractivity contribution in [1.82, 2.24) is 9.55 Å². The van der Waals surface area contributed by atoms with Crippen LogP contribution in [0.15, 0.2) is 41.3 Å². The SMILES string of the molecule is COc1nc2c(cc1NCc1cccc(Cl)c1)c(=O)c(C(=O)O)cn2[C@H](CO)C(C)C. The van der Waals surface area contributed by atoms with Crippen LogP contribution in [0.5, 0.6) is 5.88 Å². The van der Waals surface area contributed by atoms with E-state index in [2.05, 4.69) is 10.3 Å². The lowest BCUT2D eigenvalue weighted by Gasteiger charge is -2.24. The Morgan fingerprint density at radius 1 is 1.32 bits per heavy atom. The highest BCUT2D eigenvalue weighted by Crippen LogP contribution is 2.29. The van der Waals surface area contributed by atoms with Gasteiger partial charge in [-0.25, -0.2) is 4.79 Å². The first-order valence-corrected chi connectivity index (χ1v) is 10.1. The van der Waals surface area contributed by atoms with Gasteiger partial charge in [-0.05, 0) is 29.7 Å². The number of carboxylic acid groups (broad SMARTS) is 1. The third-order valence-corrected chi connectivity index (χ3v) is 5.31. The largest absolute Gasteiger partial charge is 0.479 e. The van der Waals surface area contributed by atoms with Crippen LogP contribution < -0.4 is 15.5 Å². The molecule has 0 radical (unpaired) electrons. The molecule has 2 aromatic heterocycles. The Kier molecular flexibility index (Phi) is 6.82. The van der Waals surface area contributed by atoms with E-state index in [9.17, 15) is 19.8 Å². The summed E-state index contributed by atoms with van der Waals surface area (Å²) in [5.41, 5.74) is 0.546. The molecule has 0 unspecified atom stereocenters. The van der Waals surface area contributed by atoms with Crippen molar-refractivity contribution in [3.8, 4) is 5.88 Å². The van der Waals surface area contributed by atoms with Gasteiger partial charge < -0.3 is 24.8 Å². The summed E-state index contributed by atoms with van der Waals surface area (Å²) >= 11 is 6.03. The Morgan fingerprint density at radius 2 is 2.06 bits per heavy atom. The molecule has 0 bridgehead atoms. The number of carbonyl (C=O) groups is 1. The molecule has 9 heteroatoms. The summed E-state index contributed by atoms with van der Waals surface area (Å²) in [4.78, 5) is 29.1. The fourth-order valence-corrected chi connectivity index (χ4v) is 3.62. The third kappa shape index (κ3) is 4.65. The third-order valence-electron chi connectivity index (χ3n) is 5.08. The van der Waals surface area contributed by atoms with Crippen LogP contribution in [0.2, 0.25) is 5.02 Å². The zero-order valence-corrected chi connectivity index (χ0v) is 18.2. The number of rotatable bonds is 8. The smallest absolute Gasteiger partial charge is 0.341 e. The maximum Gasteiger partial charge on any atom is 0.341 e. The first-order chi connectivity index (χ1) is 14.8. The quantitative estimate of drug-likeness (QED) is 0.485. The normalized spacial score (nSPS) is 12.2. The van der Waals surface area contributed by atoms with E-state index in [0.29, 0.717) is 17.3 Å². The standard InChI is InChI=1S/C22H24ClN3O5/c1-12(2)18(11-27)26-10-16(22(29)30)19(28)15-8-17(21(31-3)25-20(15)26)24-9-13-5-4-6-14(23)7-13/h4-8,10,12,18,24,27H,9,11H2,1-3H3,(H,29,30)/t18-/m1/s1. The molecular formula is C22H24ClN3O5. The van der Waals surface area contributed by atoms with E-state index in [1.165, 1.54) is 23.9 Å². The Hall–Kier alpha value is -3.10. The Labute approximate surface area is 184 Å². The first kappa shape index (κ1) is 22.6. The highest BCUT2D eigenvalue weighted by molar-refractivity contribution is 6.30. The van der Waals surface area contributed by atoms with E-state index >= 15 is 0 Å². The minimum atomic E-state index is -1.34. The van der Waals surface area contributed by atoms with Crippen molar-refractivity contribution >= 4 is 34.3 Å². The summed E-state index contributed by atoms with van der Waals surface area (Å²) in [7, 11) is 1.46. The van der Waals surface area contributed by atoms with Gasteiger partial charge >= 0.3 is 5.97 Å². The maximum atomic E-state index is 12.9. The maximum absolute atomic E-state index is 12.9. The number of hydrogen-bond acceptors (Lipinski definition) is 6. The van der Waals surface area contributed by atoms with E-state index in [1.54, 1.807) is 12.1 Å². The van der Waals surface area contributed by atoms with Crippen molar-refractivity contribution in [2.75, 3.05) is 19.0 Å². The molecule has 1 aromatic carbocycles. The summed E-state index contributed by atoms with van der Waals surface area (Å²) in [5, 5.41) is 23.3. The molecule has 0 saturated heterocycles. The predicted molar refractivity (Wildman–Crippen MR) is 119 cm³/mol. The summed E-state index contributed by atoms with van der Waals surface area (Å²) in [6.07, 6.45) is 1.24. The number of aromatic carboxylic acids is 1.